The van der Waals surface area contributed by atoms with Gasteiger partial charge in [0.1, 0.15) is 0 Å². The zero-order valence-corrected chi connectivity index (χ0v) is 10.2. The lowest BCUT2D eigenvalue weighted by Gasteiger charge is -2.20. The Morgan fingerprint density at radius 2 is 2.06 bits per heavy atom. The molecule has 1 saturated heterocycles. The Bertz CT molecular complexity index is 302. The lowest BCUT2D eigenvalue weighted by atomic mass is 10.0. The predicted molar refractivity (Wildman–Crippen MR) is 65.1 cm³/mol. The van der Waals surface area contributed by atoms with Gasteiger partial charge >= 0.3 is 0 Å². The van der Waals surface area contributed by atoms with Crippen molar-refractivity contribution < 1.29 is 4.79 Å². The molecule has 1 saturated carbocycles. The van der Waals surface area contributed by atoms with Gasteiger partial charge in [0.2, 0.25) is 5.91 Å². The third-order valence-corrected chi connectivity index (χ3v) is 3.89. The average Bonchev–Trinajstić information content (AvgIpc) is 2.62. The summed E-state index contributed by atoms with van der Waals surface area (Å²) in [5.41, 5.74) is 0. The van der Waals surface area contributed by atoms with Crippen molar-refractivity contribution in [2.75, 3.05) is 6.54 Å². The molecule has 0 radical (unpaired) electrons. The Balaban J connectivity index is 1.85. The Morgan fingerprint density at radius 1 is 1.18 bits per heavy atom. The summed E-state index contributed by atoms with van der Waals surface area (Å²) in [6, 6.07) is 2.34. The van der Waals surface area contributed by atoms with Gasteiger partial charge in [-0.25, -0.2) is 0 Å². The molecule has 3 unspecified atom stereocenters. The Hall–Kier alpha value is -1.08. The molecule has 1 aliphatic heterocycles. The molecule has 0 aromatic rings. The first-order valence-corrected chi connectivity index (χ1v) is 6.74. The number of amides is 1. The van der Waals surface area contributed by atoms with Gasteiger partial charge in [0.05, 0.1) is 18.0 Å². The lowest BCUT2D eigenvalue weighted by molar-refractivity contribution is -0.124. The quantitative estimate of drug-likeness (QED) is 0.759. The Labute approximate surface area is 103 Å². The van der Waals surface area contributed by atoms with Crippen molar-refractivity contribution in [1.29, 1.82) is 5.26 Å². The molecule has 1 amide bonds. The van der Waals surface area contributed by atoms with Crippen molar-refractivity contribution in [3.05, 3.63) is 0 Å². The van der Waals surface area contributed by atoms with E-state index in [-0.39, 0.29) is 23.9 Å². The van der Waals surface area contributed by atoms with Crippen molar-refractivity contribution in [1.82, 2.24) is 10.6 Å². The highest BCUT2D eigenvalue weighted by Crippen LogP contribution is 2.25. The van der Waals surface area contributed by atoms with Crippen LogP contribution in [0, 0.1) is 17.2 Å². The summed E-state index contributed by atoms with van der Waals surface area (Å²) in [6.45, 7) is 0.935. The van der Waals surface area contributed by atoms with E-state index >= 15 is 0 Å². The molecule has 1 heterocycles. The second kappa shape index (κ2) is 6.02. The summed E-state index contributed by atoms with van der Waals surface area (Å²) >= 11 is 0. The summed E-state index contributed by atoms with van der Waals surface area (Å²) in [7, 11) is 0. The standard InChI is InChI=1S/C13H21N3O/c14-9-10-5-4-7-11(10)16-13(17)12-6-2-1-3-8-15-12/h10-12,15H,1-8H2,(H,16,17). The average molecular weight is 235 g/mol. The maximum atomic E-state index is 12.1. The van der Waals surface area contributed by atoms with Crippen LogP contribution < -0.4 is 10.6 Å². The number of rotatable bonds is 2. The fourth-order valence-electron chi connectivity index (χ4n) is 2.82. The SMILES string of the molecule is N#CC1CCCC1NC(=O)C1CCCCCN1. The fourth-order valence-corrected chi connectivity index (χ4v) is 2.82. The smallest absolute Gasteiger partial charge is 0.237 e. The highest BCUT2D eigenvalue weighted by Gasteiger charge is 2.30. The topological polar surface area (TPSA) is 64.9 Å². The number of nitrogens with zero attached hydrogens (tertiary/aromatic N) is 1. The molecule has 3 atom stereocenters. The van der Waals surface area contributed by atoms with E-state index in [0.717, 1.165) is 45.1 Å². The van der Waals surface area contributed by atoms with E-state index in [1.165, 1.54) is 6.42 Å². The van der Waals surface area contributed by atoms with Gasteiger partial charge in [-0.15, -0.1) is 0 Å². The molecule has 4 heteroatoms. The first kappa shape index (κ1) is 12.4. The van der Waals surface area contributed by atoms with Crippen LogP contribution >= 0.6 is 0 Å². The minimum atomic E-state index is -0.0440. The van der Waals surface area contributed by atoms with Crippen molar-refractivity contribution in [3.63, 3.8) is 0 Å². The minimum absolute atomic E-state index is 0.0183. The van der Waals surface area contributed by atoms with Gasteiger partial charge in [-0.05, 0) is 38.6 Å². The first-order valence-electron chi connectivity index (χ1n) is 6.74. The van der Waals surface area contributed by atoms with E-state index < -0.39 is 0 Å². The number of carbonyl (C=O) groups is 1. The summed E-state index contributed by atoms with van der Waals surface area (Å²) in [5, 5.41) is 15.3. The maximum absolute atomic E-state index is 12.1. The van der Waals surface area contributed by atoms with Crippen LogP contribution in [-0.2, 0) is 4.79 Å². The normalized spacial score (nSPS) is 33.7. The monoisotopic (exact) mass is 235 g/mol. The zero-order chi connectivity index (χ0) is 12.1. The van der Waals surface area contributed by atoms with Crippen molar-refractivity contribution in [2.24, 2.45) is 5.92 Å². The number of nitriles is 1. The highest BCUT2D eigenvalue weighted by molar-refractivity contribution is 5.82. The first-order chi connectivity index (χ1) is 8.31. The molecule has 2 rings (SSSR count). The number of nitrogens with one attached hydrogen (secondary N) is 2. The number of carbonyl (C=O) groups excluding carboxylic acids is 1. The molecular weight excluding hydrogens is 214 g/mol. The molecule has 4 nitrogen and oxygen atoms in total. The fraction of sp³-hybridized carbons (Fsp3) is 0.846. The van der Waals surface area contributed by atoms with Crippen molar-refractivity contribution >= 4 is 5.91 Å². The third-order valence-electron chi connectivity index (χ3n) is 3.89. The Kier molecular flexibility index (Phi) is 4.38. The summed E-state index contributed by atoms with van der Waals surface area (Å²) in [5.74, 6) is 0.115. The van der Waals surface area contributed by atoms with Gasteiger partial charge in [-0.1, -0.05) is 12.8 Å². The van der Waals surface area contributed by atoms with Gasteiger partial charge < -0.3 is 10.6 Å². The van der Waals surface area contributed by atoms with E-state index in [1.807, 2.05) is 0 Å². The van der Waals surface area contributed by atoms with E-state index in [4.69, 9.17) is 5.26 Å². The molecular formula is C13H21N3O. The highest BCUT2D eigenvalue weighted by atomic mass is 16.2. The maximum Gasteiger partial charge on any atom is 0.237 e. The van der Waals surface area contributed by atoms with Crippen LogP contribution in [0.1, 0.15) is 44.9 Å². The molecule has 0 bridgehead atoms. The molecule has 2 aliphatic rings. The molecule has 2 N–H and O–H groups in total. The molecule has 2 fully saturated rings. The van der Waals surface area contributed by atoms with Crippen molar-refractivity contribution in [2.45, 2.75) is 57.0 Å². The van der Waals surface area contributed by atoms with E-state index in [0.29, 0.717) is 0 Å². The molecule has 17 heavy (non-hydrogen) atoms. The van der Waals surface area contributed by atoms with Crippen LogP contribution in [0.2, 0.25) is 0 Å². The third kappa shape index (κ3) is 3.19. The molecule has 1 aliphatic carbocycles. The van der Waals surface area contributed by atoms with E-state index in [1.54, 1.807) is 0 Å². The van der Waals surface area contributed by atoms with Crippen LogP contribution in [0.25, 0.3) is 0 Å². The minimum Gasteiger partial charge on any atom is -0.351 e. The second-order valence-electron chi connectivity index (χ2n) is 5.14. The van der Waals surface area contributed by atoms with Gasteiger partial charge in [-0.2, -0.15) is 5.26 Å². The second-order valence-corrected chi connectivity index (χ2v) is 5.14. The van der Waals surface area contributed by atoms with Crippen LogP contribution in [0.3, 0.4) is 0 Å². The number of hydrogen-bond acceptors (Lipinski definition) is 3. The summed E-state index contributed by atoms with van der Waals surface area (Å²) in [6.07, 6.45) is 7.36. The van der Waals surface area contributed by atoms with E-state index in [9.17, 15) is 4.79 Å². The molecule has 94 valence electrons. The van der Waals surface area contributed by atoms with Crippen LogP contribution in [0.15, 0.2) is 0 Å². The zero-order valence-electron chi connectivity index (χ0n) is 10.2. The summed E-state index contributed by atoms with van der Waals surface area (Å²) < 4.78 is 0. The number of hydrogen-bond donors (Lipinski definition) is 2. The van der Waals surface area contributed by atoms with E-state index in [2.05, 4.69) is 16.7 Å². The molecule has 0 aromatic carbocycles. The van der Waals surface area contributed by atoms with Gasteiger partial charge in [0.15, 0.2) is 0 Å². The van der Waals surface area contributed by atoms with Crippen LogP contribution in [0.5, 0.6) is 0 Å². The molecule has 0 aromatic heterocycles. The summed E-state index contributed by atoms with van der Waals surface area (Å²) in [4.78, 5) is 12.1. The van der Waals surface area contributed by atoms with Gasteiger partial charge in [-0.3, -0.25) is 4.79 Å². The van der Waals surface area contributed by atoms with Gasteiger partial charge in [0.25, 0.3) is 0 Å². The largest absolute Gasteiger partial charge is 0.351 e. The predicted octanol–water partition coefficient (Wildman–Crippen LogP) is 1.33. The van der Waals surface area contributed by atoms with Crippen LogP contribution in [-0.4, -0.2) is 24.5 Å². The Morgan fingerprint density at radius 3 is 2.88 bits per heavy atom. The van der Waals surface area contributed by atoms with Crippen molar-refractivity contribution in [3.8, 4) is 6.07 Å². The lowest BCUT2D eigenvalue weighted by Crippen LogP contribution is -2.48. The van der Waals surface area contributed by atoms with Crippen LogP contribution in [0.4, 0.5) is 0 Å². The van der Waals surface area contributed by atoms with Gasteiger partial charge in [0, 0.05) is 6.04 Å². The molecule has 0 spiro atoms.